The van der Waals surface area contributed by atoms with Crippen molar-refractivity contribution in [3.05, 3.63) is 0 Å². The Morgan fingerprint density at radius 1 is 1.73 bits per heavy atom. The minimum absolute atomic E-state index is 0.0159. The number of carbonyl (C=O) groups is 1. The normalized spacial score (nSPS) is 37.4. The predicted molar refractivity (Wildman–Crippen MR) is 40.8 cm³/mol. The van der Waals surface area contributed by atoms with Crippen molar-refractivity contribution in [2.75, 3.05) is 6.61 Å². The predicted octanol–water partition coefficient (Wildman–Crippen LogP) is -1.17. The highest BCUT2D eigenvalue weighted by molar-refractivity contribution is 5.84. The number of nitrogens with two attached hydrogens (primary N) is 1. The van der Waals surface area contributed by atoms with Gasteiger partial charge in [0.25, 0.3) is 0 Å². The summed E-state index contributed by atoms with van der Waals surface area (Å²) in [6.07, 6.45) is 0.825. The first kappa shape index (κ1) is 8.49. The van der Waals surface area contributed by atoms with E-state index in [9.17, 15) is 4.79 Å². The fourth-order valence-corrected chi connectivity index (χ4v) is 1.55. The van der Waals surface area contributed by atoms with Crippen LogP contribution in [0.4, 0.5) is 0 Å². The molecular formula is C7H14N2O2. The summed E-state index contributed by atoms with van der Waals surface area (Å²) in [4.78, 5) is 11.0. The first-order valence-electron chi connectivity index (χ1n) is 3.87. The number of hydrogen-bond donors (Lipinski definition) is 3. The zero-order valence-electron chi connectivity index (χ0n) is 6.58. The van der Waals surface area contributed by atoms with Gasteiger partial charge in [-0.25, -0.2) is 0 Å². The van der Waals surface area contributed by atoms with Crippen molar-refractivity contribution in [1.82, 2.24) is 5.32 Å². The van der Waals surface area contributed by atoms with Gasteiger partial charge in [-0.2, -0.15) is 0 Å². The maximum Gasteiger partial charge on any atom is 0.237 e. The van der Waals surface area contributed by atoms with Crippen LogP contribution in [0.25, 0.3) is 0 Å². The molecule has 1 heterocycles. The second-order valence-electron chi connectivity index (χ2n) is 2.90. The number of nitrogens with one attached hydrogen (secondary N) is 1. The van der Waals surface area contributed by atoms with Crippen molar-refractivity contribution in [2.45, 2.75) is 25.4 Å². The van der Waals surface area contributed by atoms with Gasteiger partial charge in [0.15, 0.2) is 0 Å². The Balaban J connectivity index is 2.64. The lowest BCUT2D eigenvalue weighted by atomic mass is 9.95. The average molecular weight is 158 g/mol. The minimum Gasteiger partial charge on any atom is -0.394 e. The molecule has 0 saturated carbocycles. The third-order valence-corrected chi connectivity index (χ3v) is 2.28. The molecule has 4 N–H and O–H groups in total. The number of amides is 1. The number of hydrogen-bond acceptors (Lipinski definition) is 3. The highest BCUT2D eigenvalue weighted by Gasteiger charge is 2.37. The van der Waals surface area contributed by atoms with E-state index in [1.807, 2.05) is 6.92 Å². The van der Waals surface area contributed by atoms with E-state index < -0.39 is 6.04 Å². The molecule has 0 aliphatic carbocycles. The molecule has 3 atom stereocenters. The molecule has 0 radical (unpaired) electrons. The summed E-state index contributed by atoms with van der Waals surface area (Å²) in [6, 6.07) is -0.570. The van der Waals surface area contributed by atoms with Gasteiger partial charge in [0.2, 0.25) is 5.91 Å². The third kappa shape index (κ3) is 1.36. The van der Waals surface area contributed by atoms with Crippen molar-refractivity contribution in [3.63, 3.8) is 0 Å². The summed E-state index contributed by atoms with van der Waals surface area (Å²) in [5.74, 6) is -0.0524. The van der Waals surface area contributed by atoms with Crippen molar-refractivity contribution < 1.29 is 9.90 Å². The molecular weight excluding hydrogens is 144 g/mol. The van der Waals surface area contributed by atoms with E-state index in [2.05, 4.69) is 5.32 Å². The smallest absolute Gasteiger partial charge is 0.237 e. The minimum atomic E-state index is -0.433. The van der Waals surface area contributed by atoms with Gasteiger partial charge in [-0.15, -0.1) is 0 Å². The molecule has 1 rings (SSSR count). The number of aliphatic hydroxyl groups is 1. The number of carbonyl (C=O) groups excluding carboxylic acids is 1. The van der Waals surface area contributed by atoms with E-state index in [4.69, 9.17) is 10.8 Å². The summed E-state index contributed by atoms with van der Waals surface area (Å²) in [6.45, 7) is 1.95. The lowest BCUT2D eigenvalue weighted by molar-refractivity contribution is -0.120. The van der Waals surface area contributed by atoms with E-state index in [1.165, 1.54) is 0 Å². The molecule has 1 fully saturated rings. The van der Waals surface area contributed by atoms with Crippen molar-refractivity contribution >= 4 is 5.91 Å². The second kappa shape index (κ2) is 3.19. The van der Waals surface area contributed by atoms with Gasteiger partial charge < -0.3 is 16.2 Å². The standard InChI is InChI=1S/C7H14N2O2/c1-2-4-5(3-10)9-7(11)6(4)8/h4-6,10H,2-3,8H2,1H3,(H,9,11)/t4-,5+,6?/m0/s1. The molecule has 0 aromatic carbocycles. The Bertz CT molecular complexity index is 161. The zero-order valence-corrected chi connectivity index (χ0v) is 6.58. The second-order valence-corrected chi connectivity index (χ2v) is 2.90. The number of aliphatic hydroxyl groups excluding tert-OH is 1. The van der Waals surface area contributed by atoms with Gasteiger partial charge >= 0.3 is 0 Å². The maximum absolute atomic E-state index is 11.0. The molecule has 0 bridgehead atoms. The highest BCUT2D eigenvalue weighted by atomic mass is 16.3. The van der Waals surface area contributed by atoms with Crippen molar-refractivity contribution in [1.29, 1.82) is 0 Å². The molecule has 0 aromatic rings. The van der Waals surface area contributed by atoms with Crippen molar-refractivity contribution in [2.24, 2.45) is 11.7 Å². The van der Waals surface area contributed by atoms with Crippen LogP contribution in [-0.2, 0) is 4.79 Å². The van der Waals surface area contributed by atoms with Gasteiger partial charge in [-0.3, -0.25) is 4.79 Å². The first-order valence-corrected chi connectivity index (χ1v) is 3.87. The molecule has 1 saturated heterocycles. The number of rotatable bonds is 2. The van der Waals surface area contributed by atoms with E-state index in [0.29, 0.717) is 0 Å². The Hall–Kier alpha value is -0.610. The summed E-state index contributed by atoms with van der Waals surface area (Å²) in [7, 11) is 0. The van der Waals surface area contributed by atoms with E-state index in [0.717, 1.165) is 6.42 Å². The Labute approximate surface area is 65.8 Å². The van der Waals surface area contributed by atoms with Crippen LogP contribution in [0.15, 0.2) is 0 Å². The SMILES string of the molecule is CC[C@@H]1C(N)C(=O)N[C@@H]1CO. The Kier molecular flexibility index (Phi) is 2.46. The molecule has 4 heteroatoms. The van der Waals surface area contributed by atoms with Crippen LogP contribution >= 0.6 is 0 Å². The van der Waals surface area contributed by atoms with Crippen LogP contribution in [0.1, 0.15) is 13.3 Å². The zero-order chi connectivity index (χ0) is 8.43. The summed E-state index contributed by atoms with van der Waals surface area (Å²) < 4.78 is 0. The molecule has 0 spiro atoms. The Morgan fingerprint density at radius 3 is 2.73 bits per heavy atom. The molecule has 4 nitrogen and oxygen atoms in total. The Morgan fingerprint density at radius 2 is 2.36 bits per heavy atom. The van der Waals surface area contributed by atoms with Gasteiger partial charge in [0, 0.05) is 5.92 Å². The topological polar surface area (TPSA) is 75.4 Å². The van der Waals surface area contributed by atoms with E-state index in [-0.39, 0.29) is 24.5 Å². The maximum atomic E-state index is 11.0. The van der Waals surface area contributed by atoms with Crippen LogP contribution in [0.5, 0.6) is 0 Å². The quantitative estimate of drug-likeness (QED) is 0.474. The van der Waals surface area contributed by atoms with Crippen LogP contribution < -0.4 is 11.1 Å². The summed E-state index contributed by atoms with van der Waals surface area (Å²) in [5.41, 5.74) is 5.58. The van der Waals surface area contributed by atoms with Gasteiger partial charge in [-0.1, -0.05) is 6.92 Å². The molecule has 0 aromatic heterocycles. The average Bonchev–Trinajstić information content (AvgIpc) is 2.28. The third-order valence-electron chi connectivity index (χ3n) is 2.28. The molecule has 1 amide bonds. The fourth-order valence-electron chi connectivity index (χ4n) is 1.55. The summed E-state index contributed by atoms with van der Waals surface area (Å²) in [5, 5.41) is 11.5. The van der Waals surface area contributed by atoms with Gasteiger partial charge in [-0.05, 0) is 6.42 Å². The van der Waals surface area contributed by atoms with Crippen LogP contribution in [0.3, 0.4) is 0 Å². The summed E-state index contributed by atoms with van der Waals surface area (Å²) >= 11 is 0. The highest BCUT2D eigenvalue weighted by Crippen LogP contribution is 2.18. The molecule has 1 aliphatic rings. The fraction of sp³-hybridized carbons (Fsp3) is 0.857. The largest absolute Gasteiger partial charge is 0.394 e. The van der Waals surface area contributed by atoms with Gasteiger partial charge in [0.1, 0.15) is 0 Å². The van der Waals surface area contributed by atoms with Crippen LogP contribution in [0.2, 0.25) is 0 Å². The lowest BCUT2D eigenvalue weighted by Crippen LogP contribution is -2.34. The first-order chi connectivity index (χ1) is 5.20. The van der Waals surface area contributed by atoms with Crippen LogP contribution in [-0.4, -0.2) is 29.7 Å². The van der Waals surface area contributed by atoms with Crippen LogP contribution in [0, 0.1) is 5.92 Å². The molecule has 1 aliphatic heterocycles. The van der Waals surface area contributed by atoms with Crippen molar-refractivity contribution in [3.8, 4) is 0 Å². The molecule has 11 heavy (non-hydrogen) atoms. The molecule has 1 unspecified atom stereocenters. The monoisotopic (exact) mass is 158 g/mol. The van der Waals surface area contributed by atoms with E-state index >= 15 is 0 Å². The van der Waals surface area contributed by atoms with E-state index in [1.54, 1.807) is 0 Å². The van der Waals surface area contributed by atoms with Gasteiger partial charge in [0.05, 0.1) is 18.7 Å². The lowest BCUT2D eigenvalue weighted by Gasteiger charge is -2.15. The molecule has 64 valence electrons.